The van der Waals surface area contributed by atoms with Gasteiger partial charge in [0.1, 0.15) is 11.6 Å². The van der Waals surface area contributed by atoms with Gasteiger partial charge < -0.3 is 14.8 Å². The molecule has 25 heavy (non-hydrogen) atoms. The Morgan fingerprint density at radius 1 is 1.24 bits per heavy atom. The lowest BCUT2D eigenvalue weighted by Gasteiger charge is -2.15. The van der Waals surface area contributed by atoms with Gasteiger partial charge >= 0.3 is 5.97 Å². The van der Waals surface area contributed by atoms with Crippen LogP contribution in [0.25, 0.3) is 0 Å². The summed E-state index contributed by atoms with van der Waals surface area (Å²) in [6.07, 6.45) is -1.03. The Labute approximate surface area is 153 Å². The first-order valence-corrected chi connectivity index (χ1v) is 8.27. The van der Waals surface area contributed by atoms with E-state index in [1.54, 1.807) is 13.2 Å². The van der Waals surface area contributed by atoms with Gasteiger partial charge in [-0.15, -0.1) is 0 Å². The number of carbonyl (C=O) groups excluding carboxylic acids is 2. The second-order valence-corrected chi connectivity index (χ2v) is 6.06. The van der Waals surface area contributed by atoms with Crippen molar-refractivity contribution in [3.63, 3.8) is 0 Å². The molecule has 0 aliphatic heterocycles. The summed E-state index contributed by atoms with van der Waals surface area (Å²) in [5.74, 6) is -1.17. The number of ether oxygens (including phenoxy) is 2. The van der Waals surface area contributed by atoms with Crippen LogP contribution in [0.3, 0.4) is 0 Å². The predicted octanol–water partition coefficient (Wildman–Crippen LogP) is 3.46. The molecule has 2 rings (SSSR count). The van der Waals surface area contributed by atoms with Crippen LogP contribution in [0.2, 0.25) is 0 Å². The Bertz CT molecular complexity index is 781. The fourth-order valence-corrected chi connectivity index (χ4v) is 2.52. The van der Waals surface area contributed by atoms with Gasteiger partial charge in [-0.2, -0.15) is 0 Å². The maximum atomic E-state index is 13.3. The Hall–Kier alpha value is -2.41. The zero-order chi connectivity index (χ0) is 18.4. The van der Waals surface area contributed by atoms with E-state index in [-0.39, 0.29) is 12.1 Å². The fraction of sp³-hybridized carbons (Fsp3) is 0.222. The number of hydrogen-bond donors (Lipinski definition) is 1. The summed E-state index contributed by atoms with van der Waals surface area (Å²) >= 11 is 3.15. The summed E-state index contributed by atoms with van der Waals surface area (Å²) in [6, 6.07) is 10.9. The molecule has 132 valence electrons. The van der Waals surface area contributed by atoms with Crippen molar-refractivity contribution in [2.45, 2.75) is 19.6 Å². The molecule has 0 heterocycles. The molecule has 5 nitrogen and oxygen atoms in total. The van der Waals surface area contributed by atoms with E-state index in [2.05, 4.69) is 21.2 Å². The third-order valence-corrected chi connectivity index (χ3v) is 4.14. The quantitative estimate of drug-likeness (QED) is 0.741. The molecule has 0 aromatic heterocycles. The molecule has 0 spiro atoms. The van der Waals surface area contributed by atoms with Crippen molar-refractivity contribution in [1.82, 2.24) is 5.32 Å². The highest BCUT2D eigenvalue weighted by molar-refractivity contribution is 9.10. The second-order valence-electron chi connectivity index (χ2n) is 5.20. The van der Waals surface area contributed by atoms with Gasteiger partial charge in [-0.3, -0.25) is 4.79 Å². The molecule has 1 amide bonds. The van der Waals surface area contributed by atoms with Crippen LogP contribution in [-0.4, -0.2) is 25.1 Å². The predicted molar refractivity (Wildman–Crippen MR) is 93.8 cm³/mol. The van der Waals surface area contributed by atoms with Crippen molar-refractivity contribution in [3.8, 4) is 5.75 Å². The van der Waals surface area contributed by atoms with Crippen LogP contribution in [-0.2, 0) is 16.1 Å². The fourth-order valence-electron chi connectivity index (χ4n) is 2.11. The zero-order valence-electron chi connectivity index (χ0n) is 13.7. The van der Waals surface area contributed by atoms with Gasteiger partial charge in [-0.1, -0.05) is 18.2 Å². The molecule has 2 aromatic carbocycles. The first-order chi connectivity index (χ1) is 11.9. The number of para-hydroxylation sites is 1. The molecule has 0 saturated carbocycles. The number of halogens is 2. The van der Waals surface area contributed by atoms with Crippen molar-refractivity contribution in [2.24, 2.45) is 0 Å². The smallest absolute Gasteiger partial charge is 0.340 e. The van der Waals surface area contributed by atoms with Crippen molar-refractivity contribution in [2.75, 3.05) is 7.11 Å². The third-order valence-electron chi connectivity index (χ3n) is 3.45. The van der Waals surface area contributed by atoms with E-state index in [4.69, 9.17) is 9.47 Å². The summed E-state index contributed by atoms with van der Waals surface area (Å²) < 4.78 is 24.0. The maximum absolute atomic E-state index is 13.3. The standard InChI is InChI=1S/C18H17BrFNO4/c1-11(25-18(23)14-9-13(20)7-8-15(14)19)17(22)21-10-12-5-3-4-6-16(12)24-2/h3-9,11H,10H2,1-2H3,(H,21,22)/t11-/m0/s1. The molecule has 1 atom stereocenters. The lowest BCUT2D eigenvalue weighted by atomic mass is 10.2. The minimum atomic E-state index is -1.03. The number of carbonyl (C=O) groups is 2. The minimum Gasteiger partial charge on any atom is -0.496 e. The summed E-state index contributed by atoms with van der Waals surface area (Å²) in [6.45, 7) is 1.68. The molecule has 0 radical (unpaired) electrons. The summed E-state index contributed by atoms with van der Waals surface area (Å²) in [4.78, 5) is 24.2. The van der Waals surface area contributed by atoms with E-state index in [1.807, 2.05) is 18.2 Å². The molecule has 0 unspecified atom stereocenters. The van der Waals surface area contributed by atoms with Crippen molar-refractivity contribution >= 4 is 27.8 Å². The molecule has 0 saturated heterocycles. The van der Waals surface area contributed by atoms with Gasteiger partial charge in [0, 0.05) is 16.6 Å². The van der Waals surface area contributed by atoms with Gasteiger partial charge in [-0.05, 0) is 47.1 Å². The molecular formula is C18H17BrFNO4. The average molecular weight is 410 g/mol. The van der Waals surface area contributed by atoms with Crippen molar-refractivity contribution < 1.29 is 23.5 Å². The number of methoxy groups -OCH3 is 1. The van der Waals surface area contributed by atoms with Gasteiger partial charge in [0.05, 0.1) is 12.7 Å². The Balaban J connectivity index is 1.96. The average Bonchev–Trinajstić information content (AvgIpc) is 2.61. The third kappa shape index (κ3) is 5.03. The number of esters is 1. The Morgan fingerprint density at radius 3 is 2.68 bits per heavy atom. The molecule has 0 bridgehead atoms. The number of rotatable bonds is 6. The number of nitrogens with one attached hydrogen (secondary N) is 1. The lowest BCUT2D eigenvalue weighted by Crippen LogP contribution is -2.35. The van der Waals surface area contributed by atoms with Crippen LogP contribution in [0.15, 0.2) is 46.9 Å². The summed E-state index contributed by atoms with van der Waals surface area (Å²) in [5.41, 5.74) is 0.814. The van der Waals surface area contributed by atoms with Crippen LogP contribution < -0.4 is 10.1 Å². The molecule has 7 heteroatoms. The normalized spacial score (nSPS) is 11.5. The van der Waals surface area contributed by atoms with Crippen molar-refractivity contribution in [3.05, 3.63) is 63.9 Å². The van der Waals surface area contributed by atoms with E-state index in [0.717, 1.165) is 11.6 Å². The highest BCUT2D eigenvalue weighted by Crippen LogP contribution is 2.20. The first kappa shape index (κ1) is 18.9. The van der Waals surface area contributed by atoms with Gasteiger partial charge in [0.15, 0.2) is 6.10 Å². The van der Waals surface area contributed by atoms with Crippen LogP contribution >= 0.6 is 15.9 Å². The van der Waals surface area contributed by atoms with Gasteiger partial charge in [0.2, 0.25) is 0 Å². The van der Waals surface area contributed by atoms with E-state index in [9.17, 15) is 14.0 Å². The summed E-state index contributed by atoms with van der Waals surface area (Å²) in [7, 11) is 1.54. The molecule has 0 aliphatic carbocycles. The SMILES string of the molecule is COc1ccccc1CNC(=O)[C@H](C)OC(=O)c1cc(F)ccc1Br. The van der Waals surface area contributed by atoms with Crippen LogP contribution in [0.4, 0.5) is 4.39 Å². The molecule has 2 aromatic rings. The number of hydrogen-bond acceptors (Lipinski definition) is 4. The van der Waals surface area contributed by atoms with Crippen molar-refractivity contribution in [1.29, 1.82) is 0 Å². The van der Waals surface area contributed by atoms with E-state index in [1.165, 1.54) is 19.1 Å². The Kier molecular flexibility index (Phi) is 6.52. The molecular weight excluding hydrogens is 393 g/mol. The van der Waals surface area contributed by atoms with Gasteiger partial charge in [-0.25, -0.2) is 9.18 Å². The highest BCUT2D eigenvalue weighted by atomic mass is 79.9. The number of benzene rings is 2. The largest absolute Gasteiger partial charge is 0.496 e. The monoisotopic (exact) mass is 409 g/mol. The zero-order valence-corrected chi connectivity index (χ0v) is 15.3. The van der Waals surface area contributed by atoms with Gasteiger partial charge in [0.25, 0.3) is 5.91 Å². The highest BCUT2D eigenvalue weighted by Gasteiger charge is 2.21. The lowest BCUT2D eigenvalue weighted by molar-refractivity contribution is -0.129. The number of amides is 1. The maximum Gasteiger partial charge on any atom is 0.340 e. The molecule has 0 fully saturated rings. The van der Waals surface area contributed by atoms with Crippen LogP contribution in [0.5, 0.6) is 5.75 Å². The topological polar surface area (TPSA) is 64.6 Å². The second kappa shape index (κ2) is 8.62. The molecule has 1 N–H and O–H groups in total. The van der Waals surface area contributed by atoms with E-state index >= 15 is 0 Å². The Morgan fingerprint density at radius 2 is 1.96 bits per heavy atom. The van der Waals surface area contributed by atoms with Crippen LogP contribution in [0, 0.1) is 5.82 Å². The first-order valence-electron chi connectivity index (χ1n) is 7.48. The molecule has 0 aliphatic rings. The van der Waals surface area contributed by atoms with E-state index < -0.39 is 23.8 Å². The summed E-state index contributed by atoms with van der Waals surface area (Å²) in [5, 5.41) is 2.67. The van der Waals surface area contributed by atoms with Crippen LogP contribution in [0.1, 0.15) is 22.8 Å². The van der Waals surface area contributed by atoms with E-state index in [0.29, 0.717) is 10.2 Å². The minimum absolute atomic E-state index is 0.0179.